The summed E-state index contributed by atoms with van der Waals surface area (Å²) in [4.78, 5) is 15.3. The molecule has 0 N–H and O–H groups in total. The standard InChI is InChI=1S/C41H23N3OSe/c1-2-10-24(11-3-1)39-42-40(26-19-20-29-28-13-6-8-16-34(28)45-35(29)23-26)44-41(43-39)33-22-25-18-21-32-30-14-7-9-17-36(30)46-38(32)37(25)31-15-5-4-12-27(31)33/h1-23H. The summed E-state index contributed by atoms with van der Waals surface area (Å²) in [5.41, 5.74) is 4.51. The Kier molecular flexibility index (Phi) is 5.56. The van der Waals surface area contributed by atoms with E-state index < -0.39 is 0 Å². The summed E-state index contributed by atoms with van der Waals surface area (Å²) in [6.45, 7) is 0. The van der Waals surface area contributed by atoms with Crippen LogP contribution >= 0.6 is 0 Å². The fraction of sp³-hybridized carbons (Fsp3) is 0. The molecule has 0 radical (unpaired) electrons. The monoisotopic (exact) mass is 653 g/mol. The van der Waals surface area contributed by atoms with E-state index in [1.165, 1.54) is 35.5 Å². The van der Waals surface area contributed by atoms with E-state index in [1.807, 2.05) is 54.6 Å². The van der Waals surface area contributed by atoms with Crippen molar-refractivity contribution in [3.8, 4) is 34.2 Å². The third-order valence-corrected chi connectivity index (χ3v) is 11.4. The van der Waals surface area contributed by atoms with Gasteiger partial charge in [-0.2, -0.15) is 0 Å². The van der Waals surface area contributed by atoms with E-state index in [0.29, 0.717) is 17.5 Å². The normalized spacial score (nSPS) is 11.9. The second kappa shape index (κ2) is 9.95. The van der Waals surface area contributed by atoms with Crippen LogP contribution in [0.15, 0.2) is 144 Å². The van der Waals surface area contributed by atoms with Crippen molar-refractivity contribution >= 4 is 77.3 Å². The molecular weight excluding hydrogens is 629 g/mol. The van der Waals surface area contributed by atoms with Gasteiger partial charge in [-0.15, -0.1) is 0 Å². The minimum absolute atomic E-state index is 0.242. The molecule has 0 amide bonds. The Bertz CT molecular complexity index is 2820. The maximum atomic E-state index is 6.24. The maximum absolute atomic E-state index is 6.24. The van der Waals surface area contributed by atoms with E-state index in [9.17, 15) is 0 Å². The van der Waals surface area contributed by atoms with Crippen LogP contribution in [-0.4, -0.2) is 29.5 Å². The van der Waals surface area contributed by atoms with Crippen molar-refractivity contribution < 1.29 is 4.42 Å². The van der Waals surface area contributed by atoms with Gasteiger partial charge in [-0.3, -0.25) is 0 Å². The Balaban J connectivity index is 1.24. The number of hydrogen-bond acceptors (Lipinski definition) is 4. The second-order valence-corrected chi connectivity index (χ2v) is 13.8. The summed E-state index contributed by atoms with van der Waals surface area (Å²) < 4.78 is 9.14. The molecule has 0 bridgehead atoms. The van der Waals surface area contributed by atoms with Gasteiger partial charge < -0.3 is 0 Å². The molecule has 10 rings (SSSR count). The van der Waals surface area contributed by atoms with Gasteiger partial charge in [0.1, 0.15) is 5.58 Å². The van der Waals surface area contributed by atoms with Gasteiger partial charge in [0.25, 0.3) is 0 Å². The van der Waals surface area contributed by atoms with Crippen LogP contribution in [0.1, 0.15) is 0 Å². The van der Waals surface area contributed by atoms with Gasteiger partial charge in [-0.1, -0.05) is 18.2 Å². The molecule has 0 aliphatic carbocycles. The predicted octanol–water partition coefficient (Wildman–Crippen LogP) is 10.4. The number of hydrogen-bond donors (Lipinski definition) is 0. The Hall–Kier alpha value is -5.61. The molecule has 0 saturated carbocycles. The summed E-state index contributed by atoms with van der Waals surface area (Å²) in [7, 11) is 0. The molecule has 0 fully saturated rings. The van der Waals surface area contributed by atoms with E-state index in [0.717, 1.165) is 44.0 Å². The fourth-order valence-electron chi connectivity index (χ4n) is 6.76. The van der Waals surface area contributed by atoms with Gasteiger partial charge in [-0.05, 0) is 6.07 Å². The van der Waals surface area contributed by atoms with Crippen molar-refractivity contribution in [2.24, 2.45) is 0 Å². The molecule has 0 aliphatic rings. The Morgan fingerprint density at radius 3 is 1.96 bits per heavy atom. The molecule has 0 aliphatic heterocycles. The summed E-state index contributed by atoms with van der Waals surface area (Å²) in [6, 6.07) is 48.9. The molecule has 0 unspecified atom stereocenters. The third-order valence-electron chi connectivity index (χ3n) is 8.91. The first-order valence-corrected chi connectivity index (χ1v) is 17.0. The van der Waals surface area contributed by atoms with E-state index in [1.54, 1.807) is 0 Å². The van der Waals surface area contributed by atoms with Gasteiger partial charge >= 0.3 is 235 Å². The van der Waals surface area contributed by atoms with Crippen molar-refractivity contribution in [1.82, 2.24) is 15.0 Å². The first-order valence-electron chi connectivity index (χ1n) is 15.3. The first-order chi connectivity index (χ1) is 22.8. The molecule has 0 atom stereocenters. The molecule has 46 heavy (non-hydrogen) atoms. The number of benzene rings is 7. The van der Waals surface area contributed by atoms with Gasteiger partial charge in [0.15, 0.2) is 0 Å². The molecule has 5 heteroatoms. The van der Waals surface area contributed by atoms with Crippen molar-refractivity contribution in [2.45, 2.75) is 0 Å². The van der Waals surface area contributed by atoms with Gasteiger partial charge in [0, 0.05) is 5.39 Å². The average Bonchev–Trinajstić information content (AvgIpc) is 3.69. The molecule has 10 aromatic rings. The summed E-state index contributed by atoms with van der Waals surface area (Å²) >= 11 is 0.242. The zero-order valence-corrected chi connectivity index (χ0v) is 26.2. The molecule has 0 spiro atoms. The fourth-order valence-corrected chi connectivity index (χ4v) is 9.43. The van der Waals surface area contributed by atoms with E-state index in [-0.39, 0.29) is 14.5 Å². The Labute approximate surface area is 269 Å². The van der Waals surface area contributed by atoms with Crippen molar-refractivity contribution in [3.05, 3.63) is 140 Å². The Morgan fingerprint density at radius 1 is 0.435 bits per heavy atom. The average molecular weight is 653 g/mol. The number of nitrogens with zero attached hydrogens (tertiary/aromatic N) is 3. The molecule has 3 aromatic heterocycles. The van der Waals surface area contributed by atoms with E-state index >= 15 is 0 Å². The van der Waals surface area contributed by atoms with Crippen molar-refractivity contribution in [2.75, 3.05) is 0 Å². The number of fused-ring (bicyclic) bond motifs is 10. The molecule has 0 saturated heterocycles. The van der Waals surface area contributed by atoms with E-state index in [2.05, 4.69) is 84.9 Å². The molecule has 4 nitrogen and oxygen atoms in total. The van der Waals surface area contributed by atoms with E-state index in [4.69, 9.17) is 19.4 Å². The zero-order chi connectivity index (χ0) is 30.2. The van der Waals surface area contributed by atoms with Crippen LogP contribution in [0.2, 0.25) is 0 Å². The molecule has 3 heterocycles. The van der Waals surface area contributed by atoms with Gasteiger partial charge in [0.05, 0.1) is 0 Å². The summed E-state index contributed by atoms with van der Waals surface area (Å²) in [5, 5.41) is 9.81. The topological polar surface area (TPSA) is 51.8 Å². The number of para-hydroxylation sites is 1. The second-order valence-electron chi connectivity index (χ2n) is 11.6. The number of rotatable bonds is 3. The third kappa shape index (κ3) is 3.89. The molecule has 7 aromatic carbocycles. The zero-order valence-electron chi connectivity index (χ0n) is 24.4. The van der Waals surface area contributed by atoms with Gasteiger partial charge in [-0.25, -0.2) is 0 Å². The van der Waals surface area contributed by atoms with Crippen molar-refractivity contribution in [1.29, 1.82) is 0 Å². The number of furan rings is 1. The number of aromatic nitrogens is 3. The van der Waals surface area contributed by atoms with Crippen LogP contribution in [0.25, 0.3) is 96.9 Å². The van der Waals surface area contributed by atoms with Crippen LogP contribution in [0, 0.1) is 0 Å². The quantitative estimate of drug-likeness (QED) is 0.141. The van der Waals surface area contributed by atoms with Crippen LogP contribution in [0.3, 0.4) is 0 Å². The van der Waals surface area contributed by atoms with Gasteiger partial charge in [0.2, 0.25) is 0 Å². The van der Waals surface area contributed by atoms with Crippen molar-refractivity contribution in [3.63, 3.8) is 0 Å². The van der Waals surface area contributed by atoms with Crippen LogP contribution < -0.4 is 0 Å². The Morgan fingerprint density at radius 2 is 1.09 bits per heavy atom. The summed E-state index contributed by atoms with van der Waals surface area (Å²) in [6.07, 6.45) is 0. The molecule has 214 valence electrons. The first kappa shape index (κ1) is 25.7. The predicted molar refractivity (Wildman–Crippen MR) is 190 cm³/mol. The summed E-state index contributed by atoms with van der Waals surface area (Å²) in [5.74, 6) is 1.91. The molecular formula is C41H23N3OSe. The van der Waals surface area contributed by atoms with Crippen LogP contribution in [0.5, 0.6) is 0 Å². The van der Waals surface area contributed by atoms with Crippen LogP contribution in [0.4, 0.5) is 0 Å². The SMILES string of the molecule is c1ccc(-c2nc(-c3ccc4c(c3)oc3ccccc34)nc(-c3cc4ccc5c6ccccc6[se]c5c4c4ccccc34)n2)cc1. The van der Waals surface area contributed by atoms with Crippen LogP contribution in [-0.2, 0) is 0 Å². The minimum atomic E-state index is 0.242.